The zero-order valence-electron chi connectivity index (χ0n) is 15.0. The Hall–Kier alpha value is -0.870. The van der Waals surface area contributed by atoms with Gasteiger partial charge in [0.15, 0.2) is 5.96 Å². The molecule has 0 radical (unpaired) electrons. The molecule has 2 heterocycles. The molecule has 2 N–H and O–H groups in total. The summed E-state index contributed by atoms with van der Waals surface area (Å²) in [5.74, 6) is 0.664. The SMILES string of the molecule is CN(C)C(=O)CN=C(NCCC1CCCCO1)NCc1cccs1.I. The third kappa shape index (κ3) is 8.87. The molecule has 2 rings (SSSR count). The molecule has 0 saturated carbocycles. The molecule has 1 aliphatic rings. The molecule has 1 fully saturated rings. The Bertz CT molecular complexity index is 517. The van der Waals surface area contributed by atoms with Gasteiger partial charge in [-0.05, 0) is 37.1 Å². The van der Waals surface area contributed by atoms with Gasteiger partial charge in [-0.25, -0.2) is 4.99 Å². The van der Waals surface area contributed by atoms with E-state index in [0.717, 1.165) is 26.0 Å². The van der Waals surface area contributed by atoms with Crippen LogP contribution in [-0.2, 0) is 16.1 Å². The summed E-state index contributed by atoms with van der Waals surface area (Å²) in [6.45, 7) is 2.52. The van der Waals surface area contributed by atoms with Gasteiger partial charge < -0.3 is 20.3 Å². The molecule has 0 aliphatic carbocycles. The minimum Gasteiger partial charge on any atom is -0.378 e. The van der Waals surface area contributed by atoms with Gasteiger partial charge >= 0.3 is 0 Å². The monoisotopic (exact) mass is 480 g/mol. The van der Waals surface area contributed by atoms with Crippen molar-refractivity contribution in [2.45, 2.75) is 38.3 Å². The first kappa shape index (κ1) is 22.2. The maximum Gasteiger partial charge on any atom is 0.243 e. The number of guanidine groups is 1. The number of carbonyl (C=O) groups excluding carboxylic acids is 1. The van der Waals surface area contributed by atoms with Gasteiger partial charge in [0.25, 0.3) is 0 Å². The van der Waals surface area contributed by atoms with Gasteiger partial charge in [0.2, 0.25) is 5.91 Å². The fraction of sp³-hybridized carbons (Fsp3) is 0.647. The molecule has 142 valence electrons. The van der Waals surface area contributed by atoms with Crippen LogP contribution >= 0.6 is 35.3 Å². The number of ether oxygens (including phenoxy) is 1. The number of thiophene rings is 1. The van der Waals surface area contributed by atoms with Gasteiger partial charge in [0.1, 0.15) is 6.54 Å². The van der Waals surface area contributed by atoms with Crippen LogP contribution in [0, 0.1) is 0 Å². The van der Waals surface area contributed by atoms with Gasteiger partial charge in [-0.1, -0.05) is 6.07 Å². The molecule has 1 aromatic heterocycles. The lowest BCUT2D eigenvalue weighted by molar-refractivity contribution is -0.127. The maximum absolute atomic E-state index is 11.7. The standard InChI is InChI=1S/C17H28N4O2S.HI/c1-21(2)16(22)13-20-17(19-12-15-7-5-11-24-15)18-9-8-14-6-3-4-10-23-14;/h5,7,11,14H,3-4,6,8-10,12-13H2,1-2H3,(H2,18,19,20);1H. The molecule has 25 heavy (non-hydrogen) atoms. The van der Waals surface area contributed by atoms with Crippen LogP contribution in [0.1, 0.15) is 30.6 Å². The number of hydrogen-bond donors (Lipinski definition) is 2. The molecule has 0 bridgehead atoms. The third-order valence-electron chi connectivity index (χ3n) is 3.91. The second-order valence-electron chi connectivity index (χ2n) is 6.09. The molecule has 0 spiro atoms. The third-order valence-corrected chi connectivity index (χ3v) is 4.79. The average molecular weight is 480 g/mol. The smallest absolute Gasteiger partial charge is 0.243 e. The molecule has 6 nitrogen and oxygen atoms in total. The van der Waals surface area contributed by atoms with Crippen LogP contribution in [0.4, 0.5) is 0 Å². The molecule has 1 amide bonds. The van der Waals surface area contributed by atoms with E-state index in [-0.39, 0.29) is 36.4 Å². The number of aliphatic imine (C=N–C) groups is 1. The number of halogens is 1. The molecule has 1 unspecified atom stereocenters. The quantitative estimate of drug-likeness (QED) is 0.358. The Balaban J connectivity index is 0.00000312. The summed E-state index contributed by atoms with van der Waals surface area (Å²) in [6.07, 6.45) is 4.86. The van der Waals surface area contributed by atoms with Crippen molar-refractivity contribution in [3.63, 3.8) is 0 Å². The summed E-state index contributed by atoms with van der Waals surface area (Å²) in [7, 11) is 3.48. The van der Waals surface area contributed by atoms with Crippen molar-refractivity contribution in [3.8, 4) is 0 Å². The largest absolute Gasteiger partial charge is 0.378 e. The zero-order valence-corrected chi connectivity index (χ0v) is 18.1. The van der Waals surface area contributed by atoms with Gasteiger partial charge in [-0.2, -0.15) is 0 Å². The lowest BCUT2D eigenvalue weighted by Gasteiger charge is -2.23. The zero-order chi connectivity index (χ0) is 17.2. The number of nitrogens with zero attached hydrogens (tertiary/aromatic N) is 2. The number of likely N-dealkylation sites (N-methyl/N-ethyl adjacent to an activating group) is 1. The summed E-state index contributed by atoms with van der Waals surface area (Å²) in [6, 6.07) is 4.11. The van der Waals surface area contributed by atoms with Crippen molar-refractivity contribution >= 4 is 47.2 Å². The molecule has 0 aromatic carbocycles. The fourth-order valence-electron chi connectivity index (χ4n) is 2.43. The van der Waals surface area contributed by atoms with Crippen LogP contribution in [-0.4, -0.2) is 56.7 Å². The van der Waals surface area contributed by atoms with Crippen LogP contribution in [0.15, 0.2) is 22.5 Å². The highest BCUT2D eigenvalue weighted by atomic mass is 127. The van der Waals surface area contributed by atoms with Gasteiger partial charge in [-0.15, -0.1) is 35.3 Å². The second kappa shape index (κ2) is 12.5. The number of nitrogens with one attached hydrogen (secondary N) is 2. The first-order valence-electron chi connectivity index (χ1n) is 8.51. The van der Waals surface area contributed by atoms with E-state index in [4.69, 9.17) is 4.74 Å². The van der Waals surface area contributed by atoms with Crippen LogP contribution in [0.3, 0.4) is 0 Å². The Labute approximate surface area is 171 Å². The van der Waals surface area contributed by atoms with E-state index in [1.165, 1.54) is 17.7 Å². The van der Waals surface area contributed by atoms with Crippen LogP contribution in [0.25, 0.3) is 0 Å². The second-order valence-corrected chi connectivity index (χ2v) is 7.12. The summed E-state index contributed by atoms with van der Waals surface area (Å²) in [4.78, 5) is 18.9. The van der Waals surface area contributed by atoms with E-state index in [9.17, 15) is 4.79 Å². The number of carbonyl (C=O) groups is 1. The molecule has 1 saturated heterocycles. The molecule has 8 heteroatoms. The highest BCUT2D eigenvalue weighted by Crippen LogP contribution is 2.14. The van der Waals surface area contributed by atoms with Crippen LogP contribution in [0.5, 0.6) is 0 Å². The predicted molar refractivity (Wildman–Crippen MR) is 114 cm³/mol. The van der Waals surface area contributed by atoms with E-state index < -0.39 is 0 Å². The Morgan fingerprint density at radius 3 is 2.88 bits per heavy atom. The molecule has 1 aliphatic heterocycles. The summed E-state index contributed by atoms with van der Waals surface area (Å²) >= 11 is 1.70. The normalized spacial score (nSPS) is 17.5. The average Bonchev–Trinajstić information content (AvgIpc) is 3.10. The first-order valence-corrected chi connectivity index (χ1v) is 9.39. The van der Waals surface area contributed by atoms with Crippen LogP contribution in [0.2, 0.25) is 0 Å². The topological polar surface area (TPSA) is 66.0 Å². The molecular weight excluding hydrogens is 451 g/mol. The van der Waals surface area contributed by atoms with Gasteiger partial charge in [0, 0.05) is 32.1 Å². The van der Waals surface area contributed by atoms with E-state index >= 15 is 0 Å². The van der Waals surface area contributed by atoms with Crippen molar-refractivity contribution < 1.29 is 9.53 Å². The van der Waals surface area contributed by atoms with Gasteiger partial charge in [-0.3, -0.25) is 4.79 Å². The van der Waals surface area contributed by atoms with Crippen molar-refractivity contribution in [3.05, 3.63) is 22.4 Å². The first-order chi connectivity index (χ1) is 11.6. The highest BCUT2D eigenvalue weighted by molar-refractivity contribution is 14.0. The lowest BCUT2D eigenvalue weighted by atomic mass is 10.1. The highest BCUT2D eigenvalue weighted by Gasteiger charge is 2.13. The van der Waals surface area contributed by atoms with Gasteiger partial charge in [0.05, 0.1) is 12.6 Å². The molecular formula is C17H29IN4O2S. The van der Waals surface area contributed by atoms with Crippen molar-refractivity contribution in [2.24, 2.45) is 4.99 Å². The Kier molecular flexibility index (Phi) is 11.1. The maximum atomic E-state index is 11.7. The van der Waals surface area contributed by atoms with Crippen molar-refractivity contribution in [1.82, 2.24) is 15.5 Å². The van der Waals surface area contributed by atoms with E-state index in [0.29, 0.717) is 18.6 Å². The van der Waals surface area contributed by atoms with E-state index in [1.807, 2.05) is 6.07 Å². The summed E-state index contributed by atoms with van der Waals surface area (Å²) in [5.41, 5.74) is 0. The lowest BCUT2D eigenvalue weighted by Crippen LogP contribution is -2.39. The molecule has 1 aromatic rings. The van der Waals surface area contributed by atoms with Crippen molar-refractivity contribution in [1.29, 1.82) is 0 Å². The summed E-state index contributed by atoms with van der Waals surface area (Å²) < 4.78 is 5.75. The van der Waals surface area contributed by atoms with E-state index in [2.05, 4.69) is 27.1 Å². The minimum absolute atomic E-state index is 0. The Morgan fingerprint density at radius 1 is 1.40 bits per heavy atom. The fourth-order valence-corrected chi connectivity index (χ4v) is 3.08. The molecule has 1 atom stereocenters. The number of rotatable bonds is 7. The van der Waals surface area contributed by atoms with Crippen LogP contribution < -0.4 is 10.6 Å². The summed E-state index contributed by atoms with van der Waals surface area (Å²) in [5, 5.41) is 8.66. The minimum atomic E-state index is -0.0113. The number of amides is 1. The van der Waals surface area contributed by atoms with E-state index in [1.54, 1.807) is 30.3 Å². The predicted octanol–water partition coefficient (Wildman–Crippen LogP) is 2.45. The Morgan fingerprint density at radius 2 is 2.24 bits per heavy atom. The van der Waals surface area contributed by atoms with Crippen molar-refractivity contribution in [2.75, 3.05) is 33.8 Å². The number of hydrogen-bond acceptors (Lipinski definition) is 4.